The summed E-state index contributed by atoms with van der Waals surface area (Å²) in [5.41, 5.74) is 1.63. The van der Waals surface area contributed by atoms with Gasteiger partial charge < -0.3 is 9.64 Å². The van der Waals surface area contributed by atoms with Crippen LogP contribution in [-0.2, 0) is 21.5 Å². The summed E-state index contributed by atoms with van der Waals surface area (Å²) in [6.07, 6.45) is -0.384. The number of rotatable bonds is 3. The number of benzene rings is 2. The second-order valence-electron chi connectivity index (χ2n) is 9.56. The highest BCUT2D eigenvalue weighted by molar-refractivity contribution is 6.05. The van der Waals surface area contributed by atoms with E-state index in [4.69, 9.17) is 4.74 Å². The molecule has 8 nitrogen and oxygen atoms in total. The van der Waals surface area contributed by atoms with Gasteiger partial charge in [-0.2, -0.15) is 0 Å². The van der Waals surface area contributed by atoms with Crippen LogP contribution in [0, 0.1) is 5.82 Å². The van der Waals surface area contributed by atoms with Crippen molar-refractivity contribution in [1.29, 1.82) is 0 Å². The number of ether oxygens (including phenoxy) is 1. The molecule has 1 fully saturated rings. The van der Waals surface area contributed by atoms with Crippen LogP contribution < -0.4 is 15.0 Å². The van der Waals surface area contributed by atoms with Gasteiger partial charge in [0, 0.05) is 25.6 Å². The largest absolute Gasteiger partial charge is 0.419 e. The van der Waals surface area contributed by atoms with Gasteiger partial charge in [0.2, 0.25) is 11.8 Å². The van der Waals surface area contributed by atoms with Gasteiger partial charge in [-0.05, 0) is 47.2 Å². The average molecular weight is 467 g/mol. The number of carbonyl (C=O) groups excluding carboxylic acids is 4. The first-order valence-electron chi connectivity index (χ1n) is 11.0. The molecule has 1 unspecified atom stereocenters. The molecule has 178 valence electrons. The third-order valence-electron chi connectivity index (χ3n) is 6.15. The monoisotopic (exact) mass is 467 g/mol. The van der Waals surface area contributed by atoms with Gasteiger partial charge in [0.1, 0.15) is 17.6 Å². The Morgan fingerprint density at radius 1 is 1.15 bits per heavy atom. The van der Waals surface area contributed by atoms with Crippen LogP contribution in [0.1, 0.15) is 55.1 Å². The fourth-order valence-electron chi connectivity index (χ4n) is 4.11. The fraction of sp³-hybridized carbons (Fsp3) is 0.360. The number of hydrogen-bond acceptors (Lipinski definition) is 5. The molecule has 0 aromatic heterocycles. The van der Waals surface area contributed by atoms with E-state index in [-0.39, 0.29) is 48.1 Å². The molecule has 4 amide bonds. The molecule has 0 radical (unpaired) electrons. The van der Waals surface area contributed by atoms with Crippen LogP contribution in [0.5, 0.6) is 5.75 Å². The number of piperidine rings is 1. The summed E-state index contributed by atoms with van der Waals surface area (Å²) in [5.74, 6) is -1.64. The molecule has 9 heteroatoms. The Balaban J connectivity index is 1.48. The lowest BCUT2D eigenvalue weighted by molar-refractivity contribution is -0.136. The number of amides is 4. The Bertz CT molecular complexity index is 1200. The Labute approximate surface area is 196 Å². The number of imide groups is 1. The molecule has 2 aliphatic rings. The lowest BCUT2D eigenvalue weighted by Crippen LogP contribution is -2.52. The van der Waals surface area contributed by atoms with Crippen molar-refractivity contribution in [2.75, 3.05) is 11.9 Å². The maximum absolute atomic E-state index is 14.7. The first-order valence-corrected chi connectivity index (χ1v) is 11.0. The van der Waals surface area contributed by atoms with E-state index in [1.165, 1.54) is 30.1 Å². The van der Waals surface area contributed by atoms with E-state index in [1.807, 2.05) is 20.8 Å². The molecule has 0 saturated carbocycles. The highest BCUT2D eigenvalue weighted by Gasteiger charge is 2.39. The molecule has 1 atom stereocenters. The number of hydrogen-bond donors (Lipinski definition) is 1. The van der Waals surface area contributed by atoms with Crippen LogP contribution in [0.3, 0.4) is 0 Å². The standard InChI is InChI=1S/C25H26FN3O5/c1-25(2,3)15-6-8-19(18(26)11-15)28(4)24(33)34-16-7-5-14-13-29(23(32)17(14)12-16)20-9-10-21(30)27-22(20)31/h5-8,11-12,20H,9-10,13H2,1-4H3,(H,27,30,31). The Morgan fingerprint density at radius 3 is 2.53 bits per heavy atom. The van der Waals surface area contributed by atoms with Crippen molar-refractivity contribution in [2.24, 2.45) is 0 Å². The highest BCUT2D eigenvalue weighted by Crippen LogP contribution is 2.31. The van der Waals surface area contributed by atoms with E-state index in [0.29, 0.717) is 11.1 Å². The van der Waals surface area contributed by atoms with Crippen molar-refractivity contribution in [3.05, 3.63) is 58.9 Å². The molecule has 0 spiro atoms. The molecule has 0 aliphatic carbocycles. The number of carbonyl (C=O) groups is 4. The zero-order valence-corrected chi connectivity index (χ0v) is 19.5. The van der Waals surface area contributed by atoms with Gasteiger partial charge in [0.15, 0.2) is 0 Å². The molecule has 2 aromatic rings. The molecule has 2 aromatic carbocycles. The molecule has 2 aliphatic heterocycles. The minimum atomic E-state index is -0.810. The van der Waals surface area contributed by atoms with Crippen molar-refractivity contribution >= 4 is 29.5 Å². The van der Waals surface area contributed by atoms with Crippen LogP contribution in [0.15, 0.2) is 36.4 Å². The lowest BCUT2D eigenvalue weighted by Gasteiger charge is -2.29. The summed E-state index contributed by atoms with van der Waals surface area (Å²) < 4.78 is 20.1. The number of anilines is 1. The van der Waals surface area contributed by atoms with E-state index >= 15 is 0 Å². The van der Waals surface area contributed by atoms with Gasteiger partial charge in [-0.1, -0.05) is 32.9 Å². The molecule has 34 heavy (non-hydrogen) atoms. The van der Waals surface area contributed by atoms with Crippen LogP contribution >= 0.6 is 0 Å². The fourth-order valence-corrected chi connectivity index (χ4v) is 4.11. The number of halogens is 1. The van der Waals surface area contributed by atoms with Crippen molar-refractivity contribution < 1.29 is 28.3 Å². The van der Waals surface area contributed by atoms with E-state index in [2.05, 4.69) is 5.32 Å². The third kappa shape index (κ3) is 4.37. The second-order valence-corrected chi connectivity index (χ2v) is 9.56. The van der Waals surface area contributed by atoms with E-state index < -0.39 is 23.9 Å². The lowest BCUT2D eigenvalue weighted by atomic mass is 9.87. The zero-order chi connectivity index (χ0) is 24.8. The number of fused-ring (bicyclic) bond motifs is 1. The van der Waals surface area contributed by atoms with Crippen molar-refractivity contribution in [2.45, 2.75) is 51.6 Å². The summed E-state index contributed by atoms with van der Waals surface area (Å²) in [5, 5.41) is 2.26. The van der Waals surface area contributed by atoms with E-state index in [1.54, 1.807) is 18.2 Å². The third-order valence-corrected chi connectivity index (χ3v) is 6.15. The Kier molecular flexibility index (Phi) is 5.89. The minimum absolute atomic E-state index is 0.0688. The van der Waals surface area contributed by atoms with Gasteiger partial charge in [0.05, 0.1) is 5.69 Å². The maximum atomic E-state index is 14.7. The smallest absolute Gasteiger partial charge is 0.410 e. The first-order chi connectivity index (χ1) is 16.0. The predicted molar refractivity (Wildman–Crippen MR) is 122 cm³/mol. The van der Waals surface area contributed by atoms with E-state index in [0.717, 1.165) is 10.5 Å². The number of nitrogens with zero attached hydrogens (tertiary/aromatic N) is 2. The maximum Gasteiger partial charge on any atom is 0.419 e. The SMILES string of the molecule is CN(C(=O)Oc1ccc2c(c1)C(=O)N(C1CCC(=O)NC1=O)C2)c1ccc(C(C)(C)C)cc1F. The Morgan fingerprint density at radius 2 is 1.88 bits per heavy atom. The summed E-state index contributed by atoms with van der Waals surface area (Å²) in [6, 6.07) is 8.60. The molecule has 4 rings (SSSR count). The Hall–Kier alpha value is -3.75. The summed E-state index contributed by atoms with van der Waals surface area (Å²) in [4.78, 5) is 51.7. The van der Waals surface area contributed by atoms with Crippen molar-refractivity contribution in [1.82, 2.24) is 10.2 Å². The summed E-state index contributed by atoms with van der Waals surface area (Å²) in [6.45, 7) is 6.13. The van der Waals surface area contributed by atoms with Gasteiger partial charge in [-0.25, -0.2) is 9.18 Å². The summed E-state index contributed by atoms with van der Waals surface area (Å²) >= 11 is 0. The van der Waals surface area contributed by atoms with Gasteiger partial charge in [0.25, 0.3) is 5.91 Å². The van der Waals surface area contributed by atoms with E-state index in [9.17, 15) is 23.6 Å². The molecule has 0 bridgehead atoms. The second kappa shape index (κ2) is 8.55. The van der Waals surface area contributed by atoms with Crippen LogP contribution in [0.2, 0.25) is 0 Å². The van der Waals surface area contributed by atoms with Gasteiger partial charge >= 0.3 is 6.09 Å². The van der Waals surface area contributed by atoms with Crippen molar-refractivity contribution in [3.63, 3.8) is 0 Å². The molecule has 2 heterocycles. The van der Waals surface area contributed by atoms with Gasteiger partial charge in [-0.3, -0.25) is 24.6 Å². The predicted octanol–water partition coefficient (Wildman–Crippen LogP) is 3.52. The summed E-state index contributed by atoms with van der Waals surface area (Å²) in [7, 11) is 1.40. The topological polar surface area (TPSA) is 96.0 Å². The van der Waals surface area contributed by atoms with Crippen LogP contribution in [-0.4, -0.2) is 41.8 Å². The van der Waals surface area contributed by atoms with Crippen LogP contribution in [0.25, 0.3) is 0 Å². The zero-order valence-electron chi connectivity index (χ0n) is 19.5. The normalized spacial score (nSPS) is 18.0. The average Bonchev–Trinajstić information content (AvgIpc) is 3.08. The molecule has 1 saturated heterocycles. The highest BCUT2D eigenvalue weighted by atomic mass is 19.1. The quantitative estimate of drug-likeness (QED) is 0.697. The number of nitrogens with one attached hydrogen (secondary N) is 1. The molecular weight excluding hydrogens is 441 g/mol. The first kappa shape index (κ1) is 23.4. The van der Waals surface area contributed by atoms with Crippen LogP contribution in [0.4, 0.5) is 14.9 Å². The molecular formula is C25H26FN3O5. The van der Waals surface area contributed by atoms with Crippen molar-refractivity contribution in [3.8, 4) is 5.75 Å². The molecule has 1 N–H and O–H groups in total. The van der Waals surface area contributed by atoms with Gasteiger partial charge in [-0.15, -0.1) is 0 Å². The minimum Gasteiger partial charge on any atom is -0.410 e.